The Bertz CT molecular complexity index is 987. The second-order valence-corrected chi connectivity index (χ2v) is 7.05. The second kappa shape index (κ2) is 7.96. The van der Waals surface area contributed by atoms with Crippen molar-refractivity contribution in [2.75, 3.05) is 0 Å². The van der Waals surface area contributed by atoms with Gasteiger partial charge in [-0.25, -0.2) is 9.07 Å². The van der Waals surface area contributed by atoms with Crippen LogP contribution < -0.4 is 5.32 Å². The molecule has 0 fully saturated rings. The molecule has 0 bridgehead atoms. The molecule has 0 unspecified atom stereocenters. The van der Waals surface area contributed by atoms with Gasteiger partial charge in [-0.1, -0.05) is 6.92 Å². The van der Waals surface area contributed by atoms with Crippen molar-refractivity contribution in [2.45, 2.75) is 53.6 Å². The fraction of sp³-hybridized carbons (Fsp3) is 0.381. The molecule has 1 atom stereocenters. The first-order chi connectivity index (χ1) is 13.3. The van der Waals surface area contributed by atoms with Crippen LogP contribution in [-0.4, -0.2) is 25.5 Å². The highest BCUT2D eigenvalue weighted by Crippen LogP contribution is 2.19. The normalized spacial score (nSPS) is 12.2. The van der Waals surface area contributed by atoms with Crippen LogP contribution in [0.25, 0.3) is 5.69 Å². The summed E-state index contributed by atoms with van der Waals surface area (Å²) in [5.41, 5.74) is 5.37. The first-order valence-corrected chi connectivity index (χ1v) is 9.43. The lowest BCUT2D eigenvalue weighted by atomic mass is 10.1. The van der Waals surface area contributed by atoms with Gasteiger partial charge in [-0.15, -0.1) is 0 Å². The number of nitrogens with zero attached hydrogens (tertiary/aromatic N) is 4. The zero-order chi connectivity index (χ0) is 20.4. The number of aryl methyl sites for hydroxylation is 3. The van der Waals surface area contributed by atoms with Crippen molar-refractivity contribution in [3.05, 3.63) is 64.5 Å². The van der Waals surface area contributed by atoms with Crippen LogP contribution in [0.15, 0.2) is 30.3 Å². The van der Waals surface area contributed by atoms with Crippen LogP contribution in [0.1, 0.15) is 47.7 Å². The maximum Gasteiger partial charge on any atom is 0.245 e. The highest BCUT2D eigenvalue weighted by atomic mass is 19.1. The Balaban J connectivity index is 1.78. The zero-order valence-corrected chi connectivity index (χ0v) is 17.0. The van der Waals surface area contributed by atoms with Crippen molar-refractivity contribution in [3.8, 4) is 5.69 Å². The van der Waals surface area contributed by atoms with E-state index < -0.39 is 0 Å². The van der Waals surface area contributed by atoms with Crippen LogP contribution >= 0.6 is 0 Å². The third-order valence-corrected chi connectivity index (χ3v) is 4.98. The van der Waals surface area contributed by atoms with Gasteiger partial charge in [-0.3, -0.25) is 9.48 Å². The summed E-state index contributed by atoms with van der Waals surface area (Å²) in [7, 11) is 0. The summed E-state index contributed by atoms with van der Waals surface area (Å²) in [4.78, 5) is 12.8. The van der Waals surface area contributed by atoms with Crippen LogP contribution in [0.3, 0.4) is 0 Å². The quantitative estimate of drug-likeness (QED) is 0.706. The molecule has 1 amide bonds. The third kappa shape index (κ3) is 3.83. The summed E-state index contributed by atoms with van der Waals surface area (Å²) in [6.45, 7) is 10.1. The van der Waals surface area contributed by atoms with Gasteiger partial charge in [0, 0.05) is 23.5 Å². The van der Waals surface area contributed by atoms with Gasteiger partial charge in [0.05, 0.1) is 17.1 Å². The topological polar surface area (TPSA) is 64.7 Å². The van der Waals surface area contributed by atoms with Crippen molar-refractivity contribution in [1.82, 2.24) is 24.9 Å². The molecular formula is C21H26FN5O. The molecule has 0 spiro atoms. The van der Waals surface area contributed by atoms with Gasteiger partial charge < -0.3 is 5.32 Å². The van der Waals surface area contributed by atoms with Crippen LogP contribution in [0.2, 0.25) is 0 Å². The molecule has 0 saturated heterocycles. The molecule has 1 N–H and O–H groups in total. The van der Waals surface area contributed by atoms with Gasteiger partial charge in [0.2, 0.25) is 5.91 Å². The van der Waals surface area contributed by atoms with Crippen LogP contribution in [0, 0.1) is 33.5 Å². The van der Waals surface area contributed by atoms with Gasteiger partial charge >= 0.3 is 0 Å². The number of halogens is 1. The molecule has 3 rings (SSSR count). The van der Waals surface area contributed by atoms with Gasteiger partial charge in [0.1, 0.15) is 11.9 Å². The number of hydrogen-bond donors (Lipinski definition) is 1. The minimum Gasteiger partial charge on any atom is -0.350 e. The Kier molecular flexibility index (Phi) is 5.63. The highest BCUT2D eigenvalue weighted by Gasteiger charge is 2.22. The molecule has 28 heavy (non-hydrogen) atoms. The number of carbonyl (C=O) groups excluding carboxylic acids is 1. The molecule has 1 aromatic carbocycles. The van der Waals surface area contributed by atoms with E-state index in [2.05, 4.69) is 15.5 Å². The number of benzene rings is 1. The number of rotatable bonds is 6. The summed E-state index contributed by atoms with van der Waals surface area (Å²) >= 11 is 0. The van der Waals surface area contributed by atoms with E-state index in [-0.39, 0.29) is 17.8 Å². The summed E-state index contributed by atoms with van der Waals surface area (Å²) in [6, 6.07) is 7.82. The van der Waals surface area contributed by atoms with E-state index in [0.717, 1.165) is 34.0 Å². The molecule has 148 valence electrons. The molecule has 2 heterocycles. The minimum atomic E-state index is -0.346. The molecule has 0 radical (unpaired) electrons. The predicted molar refractivity (Wildman–Crippen MR) is 106 cm³/mol. The first-order valence-electron chi connectivity index (χ1n) is 9.43. The number of aromatic nitrogens is 4. The monoisotopic (exact) mass is 383 g/mol. The van der Waals surface area contributed by atoms with Crippen molar-refractivity contribution in [3.63, 3.8) is 0 Å². The van der Waals surface area contributed by atoms with E-state index in [1.807, 2.05) is 40.7 Å². The molecule has 0 saturated carbocycles. The molecule has 6 nitrogen and oxygen atoms in total. The molecule has 7 heteroatoms. The SMILES string of the molecule is CC[C@@H](C(=O)NCc1c(C)nn(-c2ccc(F)cc2)c1C)n1nc(C)cc1C. The van der Waals surface area contributed by atoms with Gasteiger partial charge in [-0.05, 0) is 64.4 Å². The fourth-order valence-corrected chi connectivity index (χ4v) is 3.49. The molecule has 0 aliphatic heterocycles. The standard InChI is InChI=1S/C21H26FN5O/c1-6-20(26-14(3)11-13(2)24-26)21(28)23-12-19-15(4)25-27(16(19)5)18-9-7-17(22)8-10-18/h7-11,20H,6,12H2,1-5H3,(H,23,28)/t20-/m0/s1. The molecule has 3 aromatic rings. The zero-order valence-electron chi connectivity index (χ0n) is 17.0. The van der Waals surface area contributed by atoms with E-state index >= 15 is 0 Å². The summed E-state index contributed by atoms with van der Waals surface area (Å²) < 4.78 is 16.7. The average molecular weight is 383 g/mol. The van der Waals surface area contributed by atoms with Crippen molar-refractivity contribution in [1.29, 1.82) is 0 Å². The smallest absolute Gasteiger partial charge is 0.245 e. The van der Waals surface area contributed by atoms with E-state index in [1.165, 1.54) is 12.1 Å². The summed E-state index contributed by atoms with van der Waals surface area (Å²) in [6.07, 6.45) is 0.653. The van der Waals surface area contributed by atoms with Crippen molar-refractivity contribution < 1.29 is 9.18 Å². The van der Waals surface area contributed by atoms with Crippen LogP contribution in [-0.2, 0) is 11.3 Å². The van der Waals surface area contributed by atoms with Crippen LogP contribution in [0.5, 0.6) is 0 Å². The summed E-state index contributed by atoms with van der Waals surface area (Å²) in [5, 5.41) is 12.0. The molecular weight excluding hydrogens is 357 g/mol. The van der Waals surface area contributed by atoms with Gasteiger partial charge in [0.15, 0.2) is 0 Å². The largest absolute Gasteiger partial charge is 0.350 e. The lowest BCUT2D eigenvalue weighted by Gasteiger charge is -2.17. The van der Waals surface area contributed by atoms with Crippen LogP contribution in [0.4, 0.5) is 4.39 Å². The number of amides is 1. The maximum atomic E-state index is 13.2. The molecule has 2 aromatic heterocycles. The Morgan fingerprint density at radius 2 is 1.82 bits per heavy atom. The Labute approximate surface area is 164 Å². The van der Waals surface area contributed by atoms with Crippen molar-refractivity contribution >= 4 is 5.91 Å². The highest BCUT2D eigenvalue weighted by molar-refractivity contribution is 5.80. The minimum absolute atomic E-state index is 0.0676. The molecule has 0 aliphatic rings. The predicted octanol–water partition coefficient (Wildman–Crippen LogP) is 3.71. The number of nitrogens with one attached hydrogen (secondary N) is 1. The van der Waals surface area contributed by atoms with E-state index in [9.17, 15) is 9.18 Å². The molecule has 0 aliphatic carbocycles. The number of hydrogen-bond acceptors (Lipinski definition) is 3. The second-order valence-electron chi connectivity index (χ2n) is 7.05. The fourth-order valence-electron chi connectivity index (χ4n) is 3.49. The Morgan fingerprint density at radius 3 is 2.39 bits per heavy atom. The maximum absolute atomic E-state index is 13.2. The Hall–Kier alpha value is -2.96. The lowest BCUT2D eigenvalue weighted by Crippen LogP contribution is -2.33. The van der Waals surface area contributed by atoms with Gasteiger partial charge in [-0.2, -0.15) is 10.2 Å². The van der Waals surface area contributed by atoms with E-state index in [0.29, 0.717) is 13.0 Å². The number of carbonyl (C=O) groups is 1. The third-order valence-electron chi connectivity index (χ3n) is 4.98. The lowest BCUT2D eigenvalue weighted by molar-refractivity contribution is -0.124. The Morgan fingerprint density at radius 1 is 1.14 bits per heavy atom. The van der Waals surface area contributed by atoms with E-state index in [4.69, 9.17) is 0 Å². The van der Waals surface area contributed by atoms with Crippen molar-refractivity contribution in [2.24, 2.45) is 0 Å². The van der Waals surface area contributed by atoms with E-state index in [1.54, 1.807) is 21.5 Å². The average Bonchev–Trinajstić information content (AvgIpc) is 3.13. The van der Waals surface area contributed by atoms with Gasteiger partial charge in [0.25, 0.3) is 0 Å². The first kappa shape index (κ1) is 19.8. The summed E-state index contributed by atoms with van der Waals surface area (Å²) in [5.74, 6) is -0.352.